The van der Waals surface area contributed by atoms with E-state index in [0.29, 0.717) is 42.5 Å². The third-order valence-electron chi connectivity index (χ3n) is 5.47. The molecular weight excluding hydrogens is 412 g/mol. The summed E-state index contributed by atoms with van der Waals surface area (Å²) < 4.78 is 0. The molecular formula is C19H32N4O4S2. The van der Waals surface area contributed by atoms with Gasteiger partial charge in [-0.25, -0.2) is 0 Å². The molecule has 2 N–H and O–H groups in total. The van der Waals surface area contributed by atoms with Crippen molar-refractivity contribution in [2.45, 2.75) is 64.6 Å². The molecule has 0 radical (unpaired) electrons. The summed E-state index contributed by atoms with van der Waals surface area (Å²) in [6, 6.07) is -0.939. The third kappa shape index (κ3) is 5.81. The van der Waals surface area contributed by atoms with Gasteiger partial charge < -0.3 is 20.4 Å². The Morgan fingerprint density at radius 2 is 1.38 bits per heavy atom. The zero-order valence-electron chi connectivity index (χ0n) is 17.7. The topological polar surface area (TPSA) is 98.8 Å². The maximum absolute atomic E-state index is 12.8. The van der Waals surface area contributed by atoms with Gasteiger partial charge in [-0.1, -0.05) is 20.8 Å². The second kappa shape index (κ2) is 10.6. The first kappa shape index (κ1) is 23.9. The lowest BCUT2D eigenvalue weighted by atomic mass is 9.97. The van der Waals surface area contributed by atoms with Crippen molar-refractivity contribution in [2.75, 3.05) is 29.8 Å². The van der Waals surface area contributed by atoms with Crippen LogP contribution in [0.5, 0.6) is 0 Å². The number of carbonyl (C=O) groups is 4. The normalized spacial score (nSPS) is 23.6. The Balaban J connectivity index is 1.95. The van der Waals surface area contributed by atoms with Crippen LogP contribution in [0.3, 0.4) is 0 Å². The van der Waals surface area contributed by atoms with Crippen LogP contribution in [0.15, 0.2) is 0 Å². The molecule has 0 spiro atoms. The molecule has 164 valence electrons. The van der Waals surface area contributed by atoms with Gasteiger partial charge in [0.2, 0.25) is 23.6 Å². The lowest BCUT2D eigenvalue weighted by Crippen LogP contribution is -2.59. The monoisotopic (exact) mass is 444 g/mol. The van der Waals surface area contributed by atoms with Crippen LogP contribution in [0.25, 0.3) is 0 Å². The Morgan fingerprint density at radius 3 is 1.83 bits per heavy atom. The van der Waals surface area contributed by atoms with Crippen molar-refractivity contribution >= 4 is 47.2 Å². The van der Waals surface area contributed by atoms with Crippen molar-refractivity contribution in [3.63, 3.8) is 0 Å². The summed E-state index contributed by atoms with van der Waals surface area (Å²) in [5, 5.41) is 5.96. The van der Waals surface area contributed by atoms with E-state index in [4.69, 9.17) is 0 Å². The number of hydrogen-bond donors (Lipinski definition) is 2. The molecule has 0 aromatic carbocycles. The molecule has 3 atom stereocenters. The highest BCUT2D eigenvalue weighted by Crippen LogP contribution is 2.24. The van der Waals surface area contributed by atoms with Crippen molar-refractivity contribution in [2.24, 2.45) is 0 Å². The Kier molecular flexibility index (Phi) is 8.69. The highest BCUT2D eigenvalue weighted by atomic mass is 32.2. The van der Waals surface area contributed by atoms with Crippen LogP contribution >= 0.6 is 23.5 Å². The van der Waals surface area contributed by atoms with Gasteiger partial charge >= 0.3 is 0 Å². The predicted molar refractivity (Wildman–Crippen MR) is 116 cm³/mol. The summed E-state index contributed by atoms with van der Waals surface area (Å²) >= 11 is 3.14. The van der Waals surface area contributed by atoms with Gasteiger partial charge in [0.25, 0.3) is 0 Å². The summed E-state index contributed by atoms with van der Waals surface area (Å²) in [4.78, 5) is 52.9. The van der Waals surface area contributed by atoms with Crippen molar-refractivity contribution < 1.29 is 19.2 Å². The van der Waals surface area contributed by atoms with E-state index in [9.17, 15) is 19.2 Å². The lowest BCUT2D eigenvalue weighted by molar-refractivity contribution is -0.139. The van der Waals surface area contributed by atoms with Gasteiger partial charge in [0.1, 0.15) is 12.1 Å². The quantitative estimate of drug-likeness (QED) is 0.580. The Morgan fingerprint density at radius 1 is 0.897 bits per heavy atom. The number of rotatable bonds is 8. The molecule has 10 heteroatoms. The van der Waals surface area contributed by atoms with E-state index < -0.39 is 17.6 Å². The van der Waals surface area contributed by atoms with Crippen LogP contribution in [-0.4, -0.2) is 80.9 Å². The molecule has 2 saturated heterocycles. The fourth-order valence-electron chi connectivity index (χ4n) is 3.26. The molecule has 0 aromatic heterocycles. The van der Waals surface area contributed by atoms with Crippen LogP contribution < -0.4 is 10.6 Å². The maximum atomic E-state index is 12.8. The van der Waals surface area contributed by atoms with E-state index in [0.717, 1.165) is 0 Å². The number of hydrogen-bond acceptors (Lipinski definition) is 6. The fraction of sp³-hybridized carbons (Fsp3) is 0.789. The number of nitrogens with zero attached hydrogens (tertiary/aromatic N) is 2. The van der Waals surface area contributed by atoms with Crippen molar-refractivity contribution in [1.29, 1.82) is 0 Å². The standard InChI is InChI=1S/C19H32N4O4S2/c1-5-15(24)22-11-28-8-13(22)17(26)20-10-19(4,7-3)21-18(27)14-9-29-12-23(14)16(25)6-2/h13-14H,5-12H2,1-4H3,(H,20,26)(H,21,27)/t13-,14-,19-/m1/s1. The van der Waals surface area contributed by atoms with E-state index >= 15 is 0 Å². The second-order valence-corrected chi connectivity index (χ2v) is 9.59. The first-order chi connectivity index (χ1) is 13.8. The van der Waals surface area contributed by atoms with Gasteiger partial charge in [0, 0.05) is 30.9 Å². The zero-order valence-corrected chi connectivity index (χ0v) is 19.3. The SMILES string of the molecule is CCC(=O)N1CSC[C@@H]1C(=O)NC[C@@](C)(CC)NC(=O)[C@H]1CSCN1C(=O)CC. The zero-order chi connectivity index (χ0) is 21.6. The molecule has 2 aliphatic heterocycles. The first-order valence-electron chi connectivity index (χ1n) is 10.1. The summed E-state index contributed by atoms with van der Waals surface area (Å²) in [7, 11) is 0. The van der Waals surface area contributed by atoms with E-state index in [1.165, 1.54) is 0 Å². The maximum Gasteiger partial charge on any atom is 0.244 e. The molecule has 2 aliphatic rings. The van der Waals surface area contributed by atoms with Gasteiger partial charge in [-0.15, -0.1) is 23.5 Å². The molecule has 2 heterocycles. The van der Waals surface area contributed by atoms with Crippen molar-refractivity contribution in [1.82, 2.24) is 20.4 Å². The average molecular weight is 445 g/mol. The van der Waals surface area contributed by atoms with Gasteiger partial charge in [0.15, 0.2) is 0 Å². The van der Waals surface area contributed by atoms with Gasteiger partial charge in [-0.2, -0.15) is 0 Å². The molecule has 29 heavy (non-hydrogen) atoms. The lowest BCUT2D eigenvalue weighted by Gasteiger charge is -2.33. The summed E-state index contributed by atoms with van der Waals surface area (Å²) in [6.07, 6.45) is 1.37. The number of carbonyl (C=O) groups excluding carboxylic acids is 4. The average Bonchev–Trinajstić information content (AvgIpc) is 3.40. The van der Waals surface area contributed by atoms with Gasteiger partial charge in [-0.3, -0.25) is 19.2 Å². The van der Waals surface area contributed by atoms with Crippen LogP contribution in [0, 0.1) is 0 Å². The smallest absolute Gasteiger partial charge is 0.244 e. The summed E-state index contributed by atoms with van der Waals surface area (Å²) in [5.74, 6) is 1.80. The second-order valence-electron chi connectivity index (χ2n) is 7.59. The number of nitrogens with one attached hydrogen (secondary N) is 2. The van der Waals surface area contributed by atoms with Gasteiger partial charge in [0.05, 0.1) is 17.3 Å². The fourth-order valence-corrected chi connectivity index (χ4v) is 5.62. The van der Waals surface area contributed by atoms with Crippen molar-refractivity contribution in [3.8, 4) is 0 Å². The molecule has 0 unspecified atom stereocenters. The first-order valence-corrected chi connectivity index (χ1v) is 12.4. The van der Waals surface area contributed by atoms with Crippen LogP contribution in [0.1, 0.15) is 47.0 Å². The Bertz CT molecular complexity index is 648. The summed E-state index contributed by atoms with van der Waals surface area (Å²) in [6.45, 7) is 7.68. The van der Waals surface area contributed by atoms with E-state index in [-0.39, 0.29) is 30.2 Å². The predicted octanol–water partition coefficient (Wildman–Crippen LogP) is 1.01. The van der Waals surface area contributed by atoms with E-state index in [2.05, 4.69) is 10.6 Å². The molecule has 0 aliphatic carbocycles. The molecule has 0 bridgehead atoms. The minimum absolute atomic E-state index is 0.0267. The minimum Gasteiger partial charge on any atom is -0.352 e. The van der Waals surface area contributed by atoms with Crippen LogP contribution in [-0.2, 0) is 19.2 Å². The minimum atomic E-state index is -0.633. The largest absolute Gasteiger partial charge is 0.352 e. The molecule has 2 fully saturated rings. The molecule has 8 nitrogen and oxygen atoms in total. The third-order valence-corrected chi connectivity index (χ3v) is 7.50. The van der Waals surface area contributed by atoms with Crippen LogP contribution in [0.4, 0.5) is 0 Å². The van der Waals surface area contributed by atoms with Crippen molar-refractivity contribution in [3.05, 3.63) is 0 Å². The van der Waals surface area contributed by atoms with E-state index in [1.54, 1.807) is 47.2 Å². The number of amides is 4. The molecule has 4 amide bonds. The molecule has 2 rings (SSSR count). The highest BCUT2D eigenvalue weighted by Gasteiger charge is 2.38. The van der Waals surface area contributed by atoms with E-state index in [1.807, 2.05) is 13.8 Å². The molecule has 0 aromatic rings. The Labute approximate surface area is 181 Å². The summed E-state index contributed by atoms with van der Waals surface area (Å²) in [5.41, 5.74) is -0.633. The number of thioether (sulfide) groups is 2. The molecule has 0 saturated carbocycles. The van der Waals surface area contributed by atoms with Gasteiger partial charge in [-0.05, 0) is 13.3 Å². The van der Waals surface area contributed by atoms with Crippen LogP contribution in [0.2, 0.25) is 0 Å². The highest BCUT2D eigenvalue weighted by molar-refractivity contribution is 7.99. The Hall–Kier alpha value is -1.42.